The van der Waals surface area contributed by atoms with Crippen molar-refractivity contribution in [3.63, 3.8) is 0 Å². The molecule has 1 fully saturated rings. The first-order valence-electron chi connectivity index (χ1n) is 5.65. The Kier molecular flexibility index (Phi) is 4.06. The number of thioether (sulfide) groups is 1. The summed E-state index contributed by atoms with van der Waals surface area (Å²) < 4.78 is 0. The van der Waals surface area contributed by atoms with Gasteiger partial charge in [0.2, 0.25) is 0 Å². The molecule has 2 rings (SSSR count). The van der Waals surface area contributed by atoms with Crippen LogP contribution in [-0.2, 0) is 0 Å². The van der Waals surface area contributed by atoms with E-state index >= 15 is 0 Å². The third-order valence-corrected chi connectivity index (χ3v) is 5.09. The SMILES string of the molecule is CC(N)c1nc(C(=O)N(C)C2CCSC2)cs1. The molecule has 1 aromatic heterocycles. The van der Waals surface area contributed by atoms with Gasteiger partial charge in [-0.3, -0.25) is 4.79 Å². The summed E-state index contributed by atoms with van der Waals surface area (Å²) in [6.45, 7) is 1.88. The van der Waals surface area contributed by atoms with Crippen LogP contribution in [0, 0.1) is 0 Å². The van der Waals surface area contributed by atoms with E-state index in [-0.39, 0.29) is 11.9 Å². The van der Waals surface area contributed by atoms with Gasteiger partial charge < -0.3 is 10.6 Å². The van der Waals surface area contributed by atoms with Crippen LogP contribution in [0.5, 0.6) is 0 Å². The van der Waals surface area contributed by atoms with Crippen molar-refractivity contribution >= 4 is 29.0 Å². The summed E-state index contributed by atoms with van der Waals surface area (Å²) in [7, 11) is 1.86. The molecular weight excluding hydrogens is 254 g/mol. The molecule has 1 aliphatic rings. The fourth-order valence-electron chi connectivity index (χ4n) is 1.77. The maximum atomic E-state index is 12.2. The molecule has 0 radical (unpaired) electrons. The predicted octanol–water partition coefficient (Wildman–Crippen LogP) is 1.74. The maximum Gasteiger partial charge on any atom is 0.273 e. The number of aromatic nitrogens is 1. The zero-order valence-corrected chi connectivity index (χ0v) is 11.7. The van der Waals surface area contributed by atoms with E-state index in [1.165, 1.54) is 11.3 Å². The number of rotatable bonds is 3. The van der Waals surface area contributed by atoms with Crippen molar-refractivity contribution in [2.75, 3.05) is 18.6 Å². The highest BCUT2D eigenvalue weighted by Crippen LogP contribution is 2.23. The van der Waals surface area contributed by atoms with Crippen LogP contribution >= 0.6 is 23.1 Å². The number of nitrogens with zero attached hydrogens (tertiary/aromatic N) is 2. The normalized spacial score (nSPS) is 21.5. The van der Waals surface area contributed by atoms with Crippen LogP contribution in [-0.4, -0.2) is 40.4 Å². The van der Waals surface area contributed by atoms with Crippen LogP contribution in [0.3, 0.4) is 0 Å². The van der Waals surface area contributed by atoms with E-state index in [1.807, 2.05) is 30.6 Å². The smallest absolute Gasteiger partial charge is 0.273 e. The summed E-state index contributed by atoms with van der Waals surface area (Å²) in [6.07, 6.45) is 1.08. The van der Waals surface area contributed by atoms with Crippen LogP contribution < -0.4 is 5.73 Å². The van der Waals surface area contributed by atoms with Gasteiger partial charge in [0.25, 0.3) is 5.91 Å². The van der Waals surface area contributed by atoms with Gasteiger partial charge in [0.1, 0.15) is 10.7 Å². The van der Waals surface area contributed by atoms with Crippen molar-refractivity contribution in [3.05, 3.63) is 16.1 Å². The molecule has 0 aliphatic carbocycles. The van der Waals surface area contributed by atoms with Crippen LogP contribution in [0.4, 0.5) is 0 Å². The van der Waals surface area contributed by atoms with Crippen molar-refractivity contribution in [1.29, 1.82) is 0 Å². The summed E-state index contributed by atoms with van der Waals surface area (Å²) in [4.78, 5) is 18.3. The zero-order chi connectivity index (χ0) is 12.4. The minimum atomic E-state index is -0.103. The van der Waals surface area contributed by atoms with Gasteiger partial charge in [0.15, 0.2) is 0 Å². The number of carbonyl (C=O) groups is 1. The Morgan fingerprint density at radius 1 is 1.71 bits per heavy atom. The summed E-state index contributed by atoms with van der Waals surface area (Å²) in [5, 5.41) is 2.63. The molecule has 0 spiro atoms. The molecule has 4 nitrogen and oxygen atoms in total. The number of amides is 1. The molecule has 1 saturated heterocycles. The molecule has 6 heteroatoms. The standard InChI is InChI=1S/C11H17N3OS2/c1-7(12)10-13-9(6-17-10)11(15)14(2)8-3-4-16-5-8/h6-8H,3-5,12H2,1-2H3. The predicted molar refractivity (Wildman–Crippen MR) is 72.5 cm³/mol. The Balaban J connectivity index is 2.07. The van der Waals surface area contributed by atoms with Crippen molar-refractivity contribution in [2.45, 2.75) is 25.4 Å². The van der Waals surface area contributed by atoms with Gasteiger partial charge in [-0.1, -0.05) is 0 Å². The first-order chi connectivity index (χ1) is 8.09. The van der Waals surface area contributed by atoms with E-state index in [9.17, 15) is 4.79 Å². The molecule has 1 aromatic rings. The van der Waals surface area contributed by atoms with E-state index in [2.05, 4.69) is 4.98 Å². The second kappa shape index (κ2) is 5.37. The fraction of sp³-hybridized carbons (Fsp3) is 0.636. The molecular formula is C11H17N3OS2. The van der Waals surface area contributed by atoms with Crippen LogP contribution in [0.1, 0.15) is 34.9 Å². The van der Waals surface area contributed by atoms with Crippen LogP contribution in [0.15, 0.2) is 5.38 Å². The average molecular weight is 271 g/mol. The molecule has 1 aliphatic heterocycles. The molecule has 2 unspecified atom stereocenters. The molecule has 17 heavy (non-hydrogen) atoms. The van der Waals surface area contributed by atoms with Crippen molar-refractivity contribution in [2.24, 2.45) is 5.73 Å². The highest BCUT2D eigenvalue weighted by molar-refractivity contribution is 7.99. The number of carbonyl (C=O) groups excluding carboxylic acids is 1. The first-order valence-corrected chi connectivity index (χ1v) is 7.69. The lowest BCUT2D eigenvalue weighted by molar-refractivity contribution is 0.0742. The summed E-state index contributed by atoms with van der Waals surface area (Å²) >= 11 is 3.36. The number of hydrogen-bond acceptors (Lipinski definition) is 5. The number of thiazole rings is 1. The van der Waals surface area contributed by atoms with Gasteiger partial charge >= 0.3 is 0 Å². The topological polar surface area (TPSA) is 59.2 Å². The second-order valence-corrected chi connectivity index (χ2v) is 6.33. The van der Waals surface area contributed by atoms with Crippen molar-refractivity contribution in [3.8, 4) is 0 Å². The van der Waals surface area contributed by atoms with Gasteiger partial charge in [0.05, 0.1) is 6.04 Å². The van der Waals surface area contributed by atoms with E-state index < -0.39 is 0 Å². The molecule has 0 saturated carbocycles. The van der Waals surface area contributed by atoms with Gasteiger partial charge in [-0.15, -0.1) is 11.3 Å². The molecule has 2 atom stereocenters. The summed E-state index contributed by atoms with van der Waals surface area (Å²) in [6, 6.07) is 0.252. The second-order valence-electron chi connectivity index (χ2n) is 4.29. The molecule has 1 amide bonds. The Morgan fingerprint density at radius 3 is 3.00 bits per heavy atom. The quantitative estimate of drug-likeness (QED) is 0.909. The highest BCUT2D eigenvalue weighted by atomic mass is 32.2. The zero-order valence-electron chi connectivity index (χ0n) is 10.0. The lowest BCUT2D eigenvalue weighted by atomic mass is 10.2. The average Bonchev–Trinajstić information content (AvgIpc) is 2.97. The maximum absolute atomic E-state index is 12.2. The third-order valence-electron chi connectivity index (χ3n) is 2.90. The molecule has 2 heterocycles. The molecule has 0 aromatic carbocycles. The Hall–Kier alpha value is -0.590. The van der Waals surface area contributed by atoms with Crippen LogP contribution in [0.2, 0.25) is 0 Å². The Labute approximate surface area is 110 Å². The minimum Gasteiger partial charge on any atom is -0.337 e. The van der Waals surface area contributed by atoms with E-state index in [4.69, 9.17) is 5.73 Å². The Morgan fingerprint density at radius 2 is 2.47 bits per heavy atom. The van der Waals surface area contributed by atoms with E-state index in [0.29, 0.717) is 11.7 Å². The molecule has 94 valence electrons. The molecule has 0 bridgehead atoms. The van der Waals surface area contributed by atoms with Gasteiger partial charge in [-0.05, 0) is 19.1 Å². The van der Waals surface area contributed by atoms with Gasteiger partial charge in [0, 0.05) is 24.2 Å². The highest BCUT2D eigenvalue weighted by Gasteiger charge is 2.26. The van der Waals surface area contributed by atoms with Gasteiger partial charge in [-0.2, -0.15) is 11.8 Å². The number of hydrogen-bond donors (Lipinski definition) is 1. The van der Waals surface area contributed by atoms with Gasteiger partial charge in [-0.25, -0.2) is 4.98 Å². The lowest BCUT2D eigenvalue weighted by Crippen LogP contribution is -2.37. The molecule has 2 N–H and O–H groups in total. The van der Waals surface area contributed by atoms with Crippen molar-refractivity contribution < 1.29 is 4.79 Å². The summed E-state index contributed by atoms with van der Waals surface area (Å²) in [5.41, 5.74) is 6.27. The largest absolute Gasteiger partial charge is 0.337 e. The lowest BCUT2D eigenvalue weighted by Gasteiger charge is -2.22. The number of nitrogens with two attached hydrogens (primary N) is 1. The van der Waals surface area contributed by atoms with E-state index in [1.54, 1.807) is 5.38 Å². The van der Waals surface area contributed by atoms with Crippen LogP contribution in [0.25, 0.3) is 0 Å². The third kappa shape index (κ3) is 2.81. The Bertz CT molecular complexity index is 399. The monoisotopic (exact) mass is 271 g/mol. The fourth-order valence-corrected chi connectivity index (χ4v) is 3.79. The minimum absolute atomic E-state index is 0.0145. The summed E-state index contributed by atoms with van der Waals surface area (Å²) in [5.74, 6) is 2.19. The van der Waals surface area contributed by atoms with Crippen molar-refractivity contribution in [1.82, 2.24) is 9.88 Å². The first kappa shape index (κ1) is 12.9. The van der Waals surface area contributed by atoms with E-state index in [0.717, 1.165) is 22.9 Å².